The van der Waals surface area contributed by atoms with Gasteiger partial charge in [0.15, 0.2) is 0 Å². The second-order valence-corrected chi connectivity index (χ2v) is 9.74. The van der Waals surface area contributed by atoms with E-state index in [2.05, 4.69) is 67.0 Å². The van der Waals surface area contributed by atoms with E-state index in [9.17, 15) is 4.79 Å². The normalized spacial score (nSPS) is 14.4. The highest BCUT2D eigenvalue weighted by Crippen LogP contribution is 2.23. The molecule has 198 valence electrons. The first kappa shape index (κ1) is 32.6. The molecule has 0 aliphatic carbocycles. The molecule has 0 radical (unpaired) electrons. The molecule has 1 rings (SSSR count). The Balaban J connectivity index is 2.04. The van der Waals surface area contributed by atoms with E-state index >= 15 is 0 Å². The van der Waals surface area contributed by atoms with Gasteiger partial charge in [0, 0.05) is 24.4 Å². The molecule has 0 fully saturated rings. The monoisotopic (exact) mass is 548 g/mol. The lowest BCUT2D eigenvalue weighted by molar-refractivity contribution is -0.145. The van der Waals surface area contributed by atoms with Gasteiger partial charge in [-0.1, -0.05) is 106 Å². The standard InChI is InChI=1S/C29H43O4P3/c1-26(33-36-35)19-13-10-11-17-23-28(32-34)22-16-8-6-4-2-3-5-7-9-18-24-29(30)31-25-27-20-14-12-15-21-27/h2-4,6,8,11-17,19-21,26,28,36H,5,7,9-10,18,22-25,34-35H2,1H3/b3-2-,6-4+,16-8+,17-11-,19-13-. The van der Waals surface area contributed by atoms with Crippen molar-refractivity contribution >= 4 is 32.9 Å². The predicted molar refractivity (Wildman–Crippen MR) is 162 cm³/mol. The first-order chi connectivity index (χ1) is 17.7. The van der Waals surface area contributed by atoms with Gasteiger partial charge in [-0.3, -0.25) is 4.79 Å². The fourth-order valence-electron chi connectivity index (χ4n) is 3.18. The largest absolute Gasteiger partial charge is 0.461 e. The molecule has 0 aliphatic heterocycles. The molecule has 7 heteroatoms. The van der Waals surface area contributed by atoms with Crippen molar-refractivity contribution in [3.63, 3.8) is 0 Å². The molecule has 0 aliphatic rings. The molecular formula is C29H43O4P3. The van der Waals surface area contributed by atoms with Crippen molar-refractivity contribution in [1.82, 2.24) is 0 Å². The highest BCUT2D eigenvalue weighted by molar-refractivity contribution is 8.00. The van der Waals surface area contributed by atoms with Crippen LogP contribution in [-0.2, 0) is 25.2 Å². The van der Waals surface area contributed by atoms with Crippen LogP contribution in [0.25, 0.3) is 0 Å². The molecule has 1 aromatic carbocycles. The summed E-state index contributed by atoms with van der Waals surface area (Å²) in [4.78, 5) is 11.8. The van der Waals surface area contributed by atoms with Crippen LogP contribution in [0.15, 0.2) is 91.1 Å². The number of esters is 1. The van der Waals surface area contributed by atoms with Crippen molar-refractivity contribution in [3.8, 4) is 0 Å². The summed E-state index contributed by atoms with van der Waals surface area (Å²) in [6.45, 7) is 2.40. The van der Waals surface area contributed by atoms with Crippen LogP contribution < -0.4 is 0 Å². The quantitative estimate of drug-likeness (QED) is 0.0538. The van der Waals surface area contributed by atoms with Crippen molar-refractivity contribution in [2.75, 3.05) is 0 Å². The van der Waals surface area contributed by atoms with Crippen molar-refractivity contribution in [3.05, 3.63) is 96.7 Å². The summed E-state index contributed by atoms with van der Waals surface area (Å²) in [5.41, 5.74) is 1.02. The van der Waals surface area contributed by atoms with Crippen molar-refractivity contribution in [2.45, 2.75) is 77.1 Å². The number of carbonyl (C=O) groups is 1. The molecule has 0 heterocycles. The lowest BCUT2D eigenvalue weighted by Crippen LogP contribution is -2.04. The molecule has 0 N–H and O–H groups in total. The summed E-state index contributed by atoms with van der Waals surface area (Å²) in [5.74, 6) is -0.116. The number of hydrogen-bond acceptors (Lipinski definition) is 4. The predicted octanol–water partition coefficient (Wildman–Crippen LogP) is 8.60. The number of carbonyl (C=O) groups excluding carboxylic acids is 1. The first-order valence-corrected chi connectivity index (χ1v) is 15.8. The van der Waals surface area contributed by atoms with Gasteiger partial charge in [-0.05, 0) is 51.0 Å². The van der Waals surface area contributed by atoms with E-state index in [-0.39, 0.29) is 18.2 Å². The van der Waals surface area contributed by atoms with E-state index in [1.165, 1.54) is 0 Å². The highest BCUT2D eigenvalue weighted by atomic mass is 32.0. The molecule has 0 aromatic heterocycles. The zero-order chi connectivity index (χ0) is 26.1. The number of ether oxygens (including phenoxy) is 1. The van der Waals surface area contributed by atoms with Gasteiger partial charge in [0.2, 0.25) is 0 Å². The minimum Gasteiger partial charge on any atom is -0.461 e. The molecular weight excluding hydrogens is 505 g/mol. The molecule has 0 amide bonds. The summed E-state index contributed by atoms with van der Waals surface area (Å²) in [5, 5.41) is 0. The molecule has 4 nitrogen and oxygen atoms in total. The van der Waals surface area contributed by atoms with Gasteiger partial charge in [-0.15, -0.1) is 0 Å². The molecule has 36 heavy (non-hydrogen) atoms. The van der Waals surface area contributed by atoms with Gasteiger partial charge in [0.1, 0.15) is 6.61 Å². The highest BCUT2D eigenvalue weighted by Gasteiger charge is 2.03. The Labute approximate surface area is 225 Å². The van der Waals surface area contributed by atoms with Crippen LogP contribution >= 0.6 is 26.9 Å². The Bertz CT molecular complexity index is 819. The summed E-state index contributed by atoms with van der Waals surface area (Å²) >= 11 is 0. The number of rotatable bonds is 20. The van der Waals surface area contributed by atoms with Gasteiger partial charge < -0.3 is 13.8 Å². The fraction of sp³-hybridized carbons (Fsp3) is 0.414. The van der Waals surface area contributed by atoms with Crippen LogP contribution in [0.1, 0.15) is 63.9 Å². The third kappa shape index (κ3) is 19.7. The number of allylic oxidation sites excluding steroid dienone is 7. The molecule has 5 atom stereocenters. The Kier molecular flexibility index (Phi) is 21.7. The summed E-state index contributed by atoms with van der Waals surface area (Å²) in [6.07, 6.45) is 28.5. The summed E-state index contributed by atoms with van der Waals surface area (Å²) in [7, 11) is 5.41. The van der Waals surface area contributed by atoms with Crippen LogP contribution in [-0.4, -0.2) is 18.2 Å². The van der Waals surface area contributed by atoms with E-state index in [4.69, 9.17) is 13.8 Å². The van der Waals surface area contributed by atoms with Crippen molar-refractivity contribution < 1.29 is 18.6 Å². The molecule has 1 aromatic rings. The smallest absolute Gasteiger partial charge is 0.306 e. The van der Waals surface area contributed by atoms with Crippen LogP contribution in [0.2, 0.25) is 0 Å². The third-order valence-electron chi connectivity index (χ3n) is 5.19. The second-order valence-electron chi connectivity index (χ2n) is 8.29. The van der Waals surface area contributed by atoms with Crippen molar-refractivity contribution in [2.24, 2.45) is 0 Å². The van der Waals surface area contributed by atoms with E-state index < -0.39 is 0 Å². The lowest BCUT2D eigenvalue weighted by atomic mass is 10.1. The summed E-state index contributed by atoms with van der Waals surface area (Å²) in [6, 6.07) is 9.78. The maximum absolute atomic E-state index is 11.8. The minimum atomic E-state index is -0.116. The SMILES string of the molecule is CC(/C=C\C/C=C\CC(C/C=C/C=C/C=C\CCCCCC(=O)OCc1ccccc1)OP)OPP. The van der Waals surface area contributed by atoms with Gasteiger partial charge in [-0.2, -0.15) is 0 Å². The number of hydrogen-bond donors (Lipinski definition) is 0. The van der Waals surface area contributed by atoms with E-state index in [0.29, 0.717) is 21.5 Å². The van der Waals surface area contributed by atoms with Crippen LogP contribution in [0.4, 0.5) is 0 Å². The third-order valence-corrected chi connectivity index (χ3v) is 6.49. The van der Waals surface area contributed by atoms with Gasteiger partial charge in [0.25, 0.3) is 0 Å². The molecule has 0 saturated heterocycles. The topological polar surface area (TPSA) is 44.8 Å². The van der Waals surface area contributed by atoms with Gasteiger partial charge in [-0.25, -0.2) is 0 Å². The van der Waals surface area contributed by atoms with Crippen LogP contribution in [0.3, 0.4) is 0 Å². The van der Waals surface area contributed by atoms with E-state index in [1.807, 2.05) is 49.4 Å². The minimum absolute atomic E-state index is 0.116. The lowest BCUT2D eigenvalue weighted by Gasteiger charge is -2.09. The van der Waals surface area contributed by atoms with Crippen LogP contribution in [0.5, 0.6) is 0 Å². The second kappa shape index (κ2) is 24.0. The van der Waals surface area contributed by atoms with Crippen LogP contribution in [0, 0.1) is 0 Å². The molecule has 0 bridgehead atoms. The van der Waals surface area contributed by atoms with Crippen molar-refractivity contribution in [1.29, 1.82) is 0 Å². The van der Waals surface area contributed by atoms with E-state index in [1.54, 1.807) is 0 Å². The average molecular weight is 549 g/mol. The molecule has 0 saturated carbocycles. The molecule has 5 unspecified atom stereocenters. The van der Waals surface area contributed by atoms with E-state index in [0.717, 1.165) is 50.5 Å². The molecule has 0 spiro atoms. The number of unbranched alkanes of at least 4 members (excludes halogenated alkanes) is 3. The zero-order valence-corrected chi connectivity index (χ0v) is 24.8. The summed E-state index contributed by atoms with van der Waals surface area (Å²) < 4.78 is 16.2. The maximum Gasteiger partial charge on any atom is 0.306 e. The Morgan fingerprint density at radius 1 is 0.944 bits per heavy atom. The first-order valence-electron chi connectivity index (χ1n) is 12.6. The average Bonchev–Trinajstić information content (AvgIpc) is 2.89. The van der Waals surface area contributed by atoms with Gasteiger partial charge >= 0.3 is 5.97 Å². The zero-order valence-electron chi connectivity index (χ0n) is 21.5. The Hall–Kier alpha value is -1.40. The van der Waals surface area contributed by atoms with Gasteiger partial charge in [0.05, 0.1) is 12.2 Å². The Morgan fingerprint density at radius 2 is 1.69 bits per heavy atom. The maximum atomic E-state index is 11.8. The fourth-order valence-corrected chi connectivity index (χ4v) is 4.34. The number of benzene rings is 1. The Morgan fingerprint density at radius 3 is 2.44 bits per heavy atom.